The Morgan fingerprint density at radius 1 is 0.850 bits per heavy atom. The zero-order chi connectivity index (χ0) is 27.9. The molecule has 0 aromatic heterocycles. The summed E-state index contributed by atoms with van der Waals surface area (Å²) in [5, 5.41) is 6.56. The molecule has 5 rings (SSSR count). The van der Waals surface area contributed by atoms with E-state index < -0.39 is 6.04 Å². The van der Waals surface area contributed by atoms with Gasteiger partial charge >= 0.3 is 0 Å². The standard InChI is InChI=1S/C34H34Cl2N2O2/c35-28-19-17-27(31(36)22-28)23-38(33(39)20-18-26-13-8-12-25-11-4-7-16-30(25)26)32(21-24-9-2-1-3-10-24)34(40)37-29-14-5-6-15-29/h1-4,7-13,16-17,19,22,29,32H,5-6,14-15,18,20-21,23H2,(H,37,40)/t32-/m0/s1. The summed E-state index contributed by atoms with van der Waals surface area (Å²) >= 11 is 12.7. The van der Waals surface area contributed by atoms with Gasteiger partial charge in [-0.3, -0.25) is 9.59 Å². The Bertz CT molecular complexity index is 1460. The van der Waals surface area contributed by atoms with Gasteiger partial charge in [-0.2, -0.15) is 0 Å². The van der Waals surface area contributed by atoms with Gasteiger partial charge in [0.2, 0.25) is 11.8 Å². The average molecular weight is 574 g/mol. The number of amides is 2. The van der Waals surface area contributed by atoms with Crippen molar-refractivity contribution in [1.29, 1.82) is 0 Å². The molecule has 1 aliphatic rings. The molecule has 206 valence electrons. The first kappa shape index (κ1) is 28.2. The summed E-state index contributed by atoms with van der Waals surface area (Å²) in [6.07, 6.45) is 5.45. The van der Waals surface area contributed by atoms with E-state index in [1.165, 1.54) is 0 Å². The van der Waals surface area contributed by atoms with E-state index in [2.05, 4.69) is 29.6 Å². The molecule has 0 saturated heterocycles. The van der Waals surface area contributed by atoms with Gasteiger partial charge in [-0.1, -0.05) is 115 Å². The molecule has 1 fully saturated rings. The largest absolute Gasteiger partial charge is 0.352 e. The van der Waals surface area contributed by atoms with E-state index in [0.29, 0.717) is 22.9 Å². The molecule has 4 aromatic carbocycles. The lowest BCUT2D eigenvalue weighted by molar-refractivity contribution is -0.141. The van der Waals surface area contributed by atoms with E-state index in [4.69, 9.17) is 23.2 Å². The molecule has 0 unspecified atom stereocenters. The molecule has 40 heavy (non-hydrogen) atoms. The summed E-state index contributed by atoms with van der Waals surface area (Å²) in [6, 6.07) is 29.1. The molecule has 1 aliphatic carbocycles. The van der Waals surface area contributed by atoms with E-state index in [-0.39, 0.29) is 30.8 Å². The maximum absolute atomic E-state index is 14.1. The highest BCUT2D eigenvalue weighted by Gasteiger charge is 2.32. The number of hydrogen-bond acceptors (Lipinski definition) is 2. The maximum Gasteiger partial charge on any atom is 0.243 e. The fraction of sp³-hybridized carbons (Fsp3) is 0.294. The smallest absolute Gasteiger partial charge is 0.243 e. The van der Waals surface area contributed by atoms with Gasteiger partial charge in [0.05, 0.1) is 0 Å². The Labute approximate surface area is 246 Å². The Balaban J connectivity index is 1.46. The van der Waals surface area contributed by atoms with Crippen LogP contribution in [0.3, 0.4) is 0 Å². The third-order valence-corrected chi connectivity index (χ3v) is 8.40. The number of benzene rings is 4. The van der Waals surface area contributed by atoms with Gasteiger partial charge in [-0.25, -0.2) is 0 Å². The first-order valence-electron chi connectivity index (χ1n) is 14.0. The van der Waals surface area contributed by atoms with E-state index in [1.54, 1.807) is 17.0 Å². The molecule has 1 atom stereocenters. The lowest BCUT2D eigenvalue weighted by Crippen LogP contribution is -2.52. The average Bonchev–Trinajstić information content (AvgIpc) is 3.48. The number of hydrogen-bond donors (Lipinski definition) is 1. The van der Waals surface area contributed by atoms with Crippen LogP contribution in [0, 0.1) is 0 Å². The fourth-order valence-electron chi connectivity index (χ4n) is 5.65. The van der Waals surface area contributed by atoms with Gasteiger partial charge in [-0.15, -0.1) is 0 Å². The monoisotopic (exact) mass is 572 g/mol. The fourth-order valence-corrected chi connectivity index (χ4v) is 6.12. The van der Waals surface area contributed by atoms with Crippen molar-refractivity contribution in [2.75, 3.05) is 0 Å². The predicted molar refractivity (Wildman–Crippen MR) is 164 cm³/mol. The summed E-state index contributed by atoms with van der Waals surface area (Å²) in [7, 11) is 0. The minimum atomic E-state index is -0.672. The highest BCUT2D eigenvalue weighted by atomic mass is 35.5. The molecule has 0 radical (unpaired) electrons. The number of aryl methyl sites for hydroxylation is 1. The van der Waals surface area contributed by atoms with Crippen LogP contribution in [0.4, 0.5) is 0 Å². The van der Waals surface area contributed by atoms with Crippen molar-refractivity contribution in [2.24, 2.45) is 0 Å². The lowest BCUT2D eigenvalue weighted by Gasteiger charge is -2.33. The van der Waals surface area contributed by atoms with Crippen molar-refractivity contribution in [3.63, 3.8) is 0 Å². The van der Waals surface area contributed by atoms with Crippen molar-refractivity contribution in [3.8, 4) is 0 Å². The quantitative estimate of drug-likeness (QED) is 0.211. The van der Waals surface area contributed by atoms with Crippen molar-refractivity contribution >= 4 is 45.8 Å². The van der Waals surface area contributed by atoms with Crippen LogP contribution in [0.5, 0.6) is 0 Å². The van der Waals surface area contributed by atoms with E-state index in [9.17, 15) is 9.59 Å². The Hall–Kier alpha value is -3.34. The van der Waals surface area contributed by atoms with Crippen LogP contribution in [0.25, 0.3) is 10.8 Å². The summed E-state index contributed by atoms with van der Waals surface area (Å²) < 4.78 is 0. The summed E-state index contributed by atoms with van der Waals surface area (Å²) in [5.74, 6) is -0.194. The Morgan fingerprint density at radius 2 is 1.57 bits per heavy atom. The number of rotatable bonds is 10. The van der Waals surface area contributed by atoms with Crippen LogP contribution in [0.15, 0.2) is 91.0 Å². The molecule has 1 saturated carbocycles. The highest BCUT2D eigenvalue weighted by Crippen LogP contribution is 2.26. The first-order valence-corrected chi connectivity index (χ1v) is 14.8. The predicted octanol–water partition coefficient (Wildman–Crippen LogP) is 7.78. The first-order chi connectivity index (χ1) is 19.5. The molecule has 0 bridgehead atoms. The van der Waals surface area contributed by atoms with Crippen molar-refractivity contribution < 1.29 is 9.59 Å². The molecule has 1 N–H and O–H groups in total. The molecule has 4 aromatic rings. The molecule has 0 heterocycles. The third-order valence-electron chi connectivity index (χ3n) is 7.82. The van der Waals surface area contributed by atoms with Crippen LogP contribution < -0.4 is 5.32 Å². The van der Waals surface area contributed by atoms with Crippen LogP contribution >= 0.6 is 23.2 Å². The summed E-state index contributed by atoms with van der Waals surface area (Å²) in [6.45, 7) is 0.222. The second-order valence-corrected chi connectivity index (χ2v) is 11.4. The van der Waals surface area contributed by atoms with Crippen LogP contribution in [0.2, 0.25) is 10.0 Å². The zero-order valence-corrected chi connectivity index (χ0v) is 24.0. The molecule has 4 nitrogen and oxygen atoms in total. The van der Waals surface area contributed by atoms with Crippen LogP contribution in [-0.2, 0) is 29.0 Å². The number of halogens is 2. The third kappa shape index (κ3) is 7.04. The van der Waals surface area contributed by atoms with E-state index >= 15 is 0 Å². The van der Waals surface area contributed by atoms with E-state index in [1.807, 2.05) is 54.6 Å². The second-order valence-electron chi connectivity index (χ2n) is 10.6. The van der Waals surface area contributed by atoms with Gasteiger partial charge < -0.3 is 10.2 Å². The van der Waals surface area contributed by atoms with Crippen LogP contribution in [-0.4, -0.2) is 28.8 Å². The molecule has 0 aliphatic heterocycles. The number of carbonyl (C=O) groups excluding carboxylic acids is 2. The summed E-state index contributed by atoms with van der Waals surface area (Å²) in [5.41, 5.74) is 2.88. The topological polar surface area (TPSA) is 49.4 Å². The van der Waals surface area contributed by atoms with Crippen molar-refractivity contribution in [3.05, 3.63) is 118 Å². The van der Waals surface area contributed by atoms with Gasteiger partial charge in [-0.05, 0) is 58.9 Å². The minimum Gasteiger partial charge on any atom is -0.352 e. The Morgan fingerprint density at radius 3 is 2.35 bits per heavy atom. The number of nitrogens with zero attached hydrogens (tertiary/aromatic N) is 1. The number of nitrogens with one attached hydrogen (secondary N) is 1. The van der Waals surface area contributed by atoms with Crippen molar-refractivity contribution in [1.82, 2.24) is 10.2 Å². The molecule has 2 amide bonds. The number of fused-ring (bicyclic) bond motifs is 1. The molecular weight excluding hydrogens is 539 g/mol. The molecule has 0 spiro atoms. The normalized spacial score (nSPS) is 14.2. The maximum atomic E-state index is 14.1. The molecular formula is C34H34Cl2N2O2. The van der Waals surface area contributed by atoms with Crippen molar-refractivity contribution in [2.45, 2.75) is 63.6 Å². The summed E-state index contributed by atoms with van der Waals surface area (Å²) in [4.78, 5) is 29.7. The zero-order valence-electron chi connectivity index (χ0n) is 22.5. The minimum absolute atomic E-state index is 0.0820. The van der Waals surface area contributed by atoms with Gasteiger partial charge in [0.25, 0.3) is 0 Å². The van der Waals surface area contributed by atoms with E-state index in [0.717, 1.165) is 53.1 Å². The van der Waals surface area contributed by atoms with Gasteiger partial charge in [0, 0.05) is 35.5 Å². The SMILES string of the molecule is O=C(NC1CCCC1)[C@H](Cc1ccccc1)N(Cc1ccc(Cl)cc1Cl)C(=O)CCc1cccc2ccccc12. The number of carbonyl (C=O) groups is 2. The highest BCUT2D eigenvalue weighted by molar-refractivity contribution is 6.35. The van der Waals surface area contributed by atoms with Gasteiger partial charge in [0.1, 0.15) is 6.04 Å². The van der Waals surface area contributed by atoms with Crippen LogP contribution in [0.1, 0.15) is 48.8 Å². The molecule has 6 heteroatoms. The lowest BCUT2D eigenvalue weighted by atomic mass is 9.99. The second kappa shape index (κ2) is 13.3. The van der Waals surface area contributed by atoms with Gasteiger partial charge in [0.15, 0.2) is 0 Å². The Kier molecular flexibility index (Phi) is 9.41.